The summed E-state index contributed by atoms with van der Waals surface area (Å²) in [6.45, 7) is 8.94. The highest BCUT2D eigenvalue weighted by Gasteiger charge is 1.79. The summed E-state index contributed by atoms with van der Waals surface area (Å²) < 4.78 is 9.98. The van der Waals surface area contributed by atoms with Gasteiger partial charge in [0.15, 0.2) is 0 Å². The molecule has 82 valence electrons. The van der Waals surface area contributed by atoms with Crippen LogP contribution in [0.25, 0.3) is 0 Å². The molecule has 0 aliphatic heterocycles. The monoisotopic (exact) mass is 207 g/mol. The highest BCUT2D eigenvalue weighted by Crippen LogP contribution is 1.76. The third kappa shape index (κ3) is 24.5. The average Bonchev–Trinajstić information content (AvgIpc) is 2.06. The van der Waals surface area contributed by atoms with Crippen molar-refractivity contribution < 1.29 is 8.85 Å². The molecule has 0 aromatic carbocycles. The highest BCUT2D eigenvalue weighted by molar-refractivity contribution is 6.17. The lowest BCUT2D eigenvalue weighted by atomic mass is 10.5. The van der Waals surface area contributed by atoms with Crippen LogP contribution in [0.1, 0.15) is 27.2 Å². The van der Waals surface area contributed by atoms with Crippen LogP contribution in [0, 0.1) is 0 Å². The first-order chi connectivity index (χ1) is 6.18. The molecule has 0 saturated carbocycles. The van der Waals surface area contributed by atoms with Gasteiger partial charge in [0.2, 0.25) is 0 Å². The van der Waals surface area contributed by atoms with E-state index in [-0.39, 0.29) is 0 Å². The summed E-state index contributed by atoms with van der Waals surface area (Å²) in [5.74, 6) is 0. The summed E-state index contributed by atoms with van der Waals surface area (Å²) in [4.78, 5) is 2.18. The van der Waals surface area contributed by atoms with E-state index < -0.39 is 10.0 Å². The van der Waals surface area contributed by atoms with Crippen molar-refractivity contribution in [1.29, 1.82) is 0 Å². The Balaban J connectivity index is 0. The zero-order valence-electron chi connectivity index (χ0n) is 9.80. The first-order valence-corrected chi connectivity index (χ1v) is 6.14. The lowest BCUT2D eigenvalue weighted by Gasteiger charge is -2.03. The smallest absolute Gasteiger partial charge is 0.304 e. The molecule has 4 heteroatoms. The van der Waals surface area contributed by atoms with Gasteiger partial charge < -0.3 is 13.8 Å². The van der Waals surface area contributed by atoms with Gasteiger partial charge in [-0.05, 0) is 40.9 Å². The third-order valence-electron chi connectivity index (χ3n) is 1.25. The van der Waals surface area contributed by atoms with Gasteiger partial charge in [0.25, 0.3) is 0 Å². The molecule has 0 spiro atoms. The fraction of sp³-hybridized carbons (Fsp3) is 1.00. The zero-order valence-corrected chi connectivity index (χ0v) is 11.2. The SMILES string of the molecule is CCCN(C)C.CCO[SiH2]OCC. The molecular weight excluding hydrogens is 182 g/mol. The van der Waals surface area contributed by atoms with E-state index in [1.807, 2.05) is 13.8 Å². The van der Waals surface area contributed by atoms with E-state index in [1.165, 1.54) is 13.0 Å². The van der Waals surface area contributed by atoms with E-state index in [0.717, 1.165) is 13.2 Å². The summed E-state index contributed by atoms with van der Waals surface area (Å²) in [5, 5.41) is 0. The second-order valence-electron chi connectivity index (χ2n) is 2.91. The topological polar surface area (TPSA) is 21.7 Å². The van der Waals surface area contributed by atoms with Gasteiger partial charge in [-0.3, -0.25) is 0 Å². The lowest BCUT2D eigenvalue weighted by molar-refractivity contribution is 0.240. The molecule has 0 aromatic heterocycles. The van der Waals surface area contributed by atoms with Gasteiger partial charge in [0, 0.05) is 13.2 Å². The Hall–Kier alpha value is 0.0969. The maximum atomic E-state index is 4.99. The first-order valence-electron chi connectivity index (χ1n) is 4.99. The molecule has 0 radical (unpaired) electrons. The van der Waals surface area contributed by atoms with Gasteiger partial charge in [-0.25, -0.2) is 0 Å². The Morgan fingerprint density at radius 1 is 1.00 bits per heavy atom. The van der Waals surface area contributed by atoms with Crippen molar-refractivity contribution in [3.05, 3.63) is 0 Å². The minimum absolute atomic E-state index is 0.589. The molecular formula is C9H25NO2Si. The van der Waals surface area contributed by atoms with Crippen molar-refractivity contribution in [2.75, 3.05) is 33.9 Å². The molecule has 13 heavy (non-hydrogen) atoms. The Kier molecular flexibility index (Phi) is 17.5. The number of nitrogens with zero attached hydrogens (tertiary/aromatic N) is 1. The summed E-state index contributed by atoms with van der Waals surface area (Å²) in [7, 11) is 3.58. The van der Waals surface area contributed by atoms with Crippen LogP contribution in [-0.4, -0.2) is 48.8 Å². The average molecular weight is 207 g/mol. The van der Waals surface area contributed by atoms with Crippen molar-refractivity contribution in [2.45, 2.75) is 27.2 Å². The Morgan fingerprint density at radius 3 is 1.62 bits per heavy atom. The molecule has 0 aliphatic carbocycles. The standard InChI is InChI=1S/C5H13N.C4H12O2Si/c1-4-5-6(2)3;1-3-5-7-6-4-2/h4-5H2,1-3H3;3-4,7H2,1-2H3. The molecule has 0 amide bonds. The van der Waals surface area contributed by atoms with Crippen LogP contribution in [0.4, 0.5) is 0 Å². The van der Waals surface area contributed by atoms with Crippen LogP contribution in [0.5, 0.6) is 0 Å². The molecule has 0 atom stereocenters. The normalized spacial score (nSPS) is 9.69. The summed E-state index contributed by atoms with van der Waals surface area (Å²) in [6, 6.07) is 0. The number of hydrogen-bond donors (Lipinski definition) is 0. The Bertz CT molecular complexity index is 78.0. The van der Waals surface area contributed by atoms with Crippen LogP contribution < -0.4 is 0 Å². The Morgan fingerprint density at radius 2 is 1.46 bits per heavy atom. The first kappa shape index (κ1) is 15.6. The van der Waals surface area contributed by atoms with Gasteiger partial charge in [0.05, 0.1) is 0 Å². The maximum absolute atomic E-state index is 4.99. The van der Waals surface area contributed by atoms with Crippen LogP contribution in [0.15, 0.2) is 0 Å². The third-order valence-corrected chi connectivity index (χ3v) is 2.40. The molecule has 0 saturated heterocycles. The molecule has 3 nitrogen and oxygen atoms in total. The Labute approximate surface area is 85.5 Å². The van der Waals surface area contributed by atoms with Crippen LogP contribution >= 0.6 is 0 Å². The van der Waals surface area contributed by atoms with Crippen LogP contribution in [0.3, 0.4) is 0 Å². The van der Waals surface area contributed by atoms with Crippen LogP contribution in [0.2, 0.25) is 0 Å². The van der Waals surface area contributed by atoms with Crippen molar-refractivity contribution >= 4 is 10.0 Å². The zero-order chi connectivity index (χ0) is 10.5. The second kappa shape index (κ2) is 14.6. The summed E-state index contributed by atoms with van der Waals surface area (Å²) in [6.07, 6.45) is 1.26. The van der Waals surface area contributed by atoms with E-state index in [9.17, 15) is 0 Å². The van der Waals surface area contributed by atoms with Gasteiger partial charge in [-0.1, -0.05) is 6.92 Å². The van der Waals surface area contributed by atoms with E-state index >= 15 is 0 Å². The minimum atomic E-state index is -0.589. The molecule has 0 rings (SSSR count). The molecule has 0 unspecified atom stereocenters. The fourth-order valence-corrected chi connectivity index (χ4v) is 1.12. The van der Waals surface area contributed by atoms with E-state index in [2.05, 4.69) is 25.9 Å². The van der Waals surface area contributed by atoms with Gasteiger partial charge in [0.1, 0.15) is 0 Å². The maximum Gasteiger partial charge on any atom is 0.304 e. The van der Waals surface area contributed by atoms with Gasteiger partial charge in [-0.2, -0.15) is 0 Å². The van der Waals surface area contributed by atoms with Crippen molar-refractivity contribution in [3.63, 3.8) is 0 Å². The quantitative estimate of drug-likeness (QED) is 0.479. The molecule has 0 heterocycles. The molecule has 0 fully saturated rings. The number of rotatable bonds is 6. The molecule has 0 N–H and O–H groups in total. The predicted octanol–water partition coefficient (Wildman–Crippen LogP) is 1.02. The lowest BCUT2D eigenvalue weighted by Crippen LogP contribution is -2.11. The molecule has 0 aromatic rings. The number of hydrogen-bond acceptors (Lipinski definition) is 3. The van der Waals surface area contributed by atoms with Crippen molar-refractivity contribution in [3.8, 4) is 0 Å². The van der Waals surface area contributed by atoms with Crippen LogP contribution in [-0.2, 0) is 8.85 Å². The summed E-state index contributed by atoms with van der Waals surface area (Å²) in [5.41, 5.74) is 0. The second-order valence-corrected chi connectivity index (χ2v) is 3.96. The van der Waals surface area contributed by atoms with Gasteiger partial charge in [-0.15, -0.1) is 0 Å². The fourth-order valence-electron chi connectivity index (χ4n) is 0.673. The molecule has 0 aliphatic rings. The molecule has 0 bridgehead atoms. The van der Waals surface area contributed by atoms with E-state index in [1.54, 1.807) is 0 Å². The minimum Gasteiger partial charge on any atom is -0.399 e. The largest absolute Gasteiger partial charge is 0.399 e. The predicted molar refractivity (Wildman–Crippen MR) is 60.6 cm³/mol. The van der Waals surface area contributed by atoms with E-state index in [4.69, 9.17) is 8.85 Å². The van der Waals surface area contributed by atoms with Crippen molar-refractivity contribution in [1.82, 2.24) is 4.90 Å². The van der Waals surface area contributed by atoms with Crippen molar-refractivity contribution in [2.24, 2.45) is 0 Å². The van der Waals surface area contributed by atoms with E-state index in [0.29, 0.717) is 0 Å². The summed E-state index contributed by atoms with van der Waals surface area (Å²) >= 11 is 0. The van der Waals surface area contributed by atoms with Gasteiger partial charge >= 0.3 is 10.0 Å². The highest BCUT2D eigenvalue weighted by atomic mass is 28.3.